The van der Waals surface area contributed by atoms with Gasteiger partial charge in [-0.3, -0.25) is 4.90 Å². The molecule has 12 heteroatoms. The maximum atomic E-state index is 15.0. The number of hydrogen-bond donors (Lipinski definition) is 4. The Hall–Kier alpha value is -3.95. The number of rotatable bonds is 9. The summed E-state index contributed by atoms with van der Waals surface area (Å²) < 4.78 is 61.9. The minimum atomic E-state index is -4.50. The van der Waals surface area contributed by atoms with Gasteiger partial charge in [0.05, 0.1) is 48.3 Å². The van der Waals surface area contributed by atoms with Crippen molar-refractivity contribution >= 4 is 28.2 Å². The van der Waals surface area contributed by atoms with Crippen LogP contribution in [0.25, 0.3) is 10.9 Å². The number of aliphatic hydroxyl groups is 1. The van der Waals surface area contributed by atoms with Gasteiger partial charge in [-0.25, -0.2) is 9.18 Å². The number of aromatic carboxylic acids is 1. The molecule has 0 spiro atoms. The first-order valence-corrected chi connectivity index (χ1v) is 13.1. The molecule has 1 aliphatic rings. The minimum absolute atomic E-state index is 0.0453. The molecule has 0 amide bonds. The number of piperidine rings is 1. The molecule has 8 nitrogen and oxygen atoms in total. The summed E-state index contributed by atoms with van der Waals surface area (Å²) in [6.45, 7) is 1.57. The highest BCUT2D eigenvalue weighted by molar-refractivity contribution is 5.94. The molecule has 1 aromatic heterocycles. The summed E-state index contributed by atoms with van der Waals surface area (Å²) in [6, 6.07) is 10.2. The van der Waals surface area contributed by atoms with Gasteiger partial charge in [-0.05, 0) is 55.7 Å². The van der Waals surface area contributed by atoms with Gasteiger partial charge < -0.3 is 30.2 Å². The summed E-state index contributed by atoms with van der Waals surface area (Å²) in [5.41, 5.74) is 1.51. The summed E-state index contributed by atoms with van der Waals surface area (Å²) in [7, 11) is 1.39. The number of likely N-dealkylation sites (tertiary alicyclic amines) is 1. The van der Waals surface area contributed by atoms with Gasteiger partial charge in [-0.2, -0.15) is 13.2 Å². The fourth-order valence-corrected chi connectivity index (χ4v) is 4.98. The Balaban J connectivity index is 1.57. The first-order chi connectivity index (χ1) is 19.4. The Morgan fingerprint density at radius 3 is 2.66 bits per heavy atom. The molecular weight excluding hydrogens is 544 g/mol. The average Bonchev–Trinajstić information content (AvgIpc) is 3.24. The molecule has 41 heavy (non-hydrogen) atoms. The number of ether oxygens (including phenoxy) is 1. The maximum absolute atomic E-state index is 15.0. The largest absolute Gasteiger partial charge is 0.495 e. The van der Waals surface area contributed by atoms with E-state index in [1.54, 1.807) is 31.2 Å². The molecule has 0 unspecified atom stereocenters. The molecule has 2 aromatic carbocycles. The van der Waals surface area contributed by atoms with E-state index in [2.05, 4.69) is 22.5 Å². The second-order valence-corrected chi connectivity index (χ2v) is 10.0. The second-order valence-electron chi connectivity index (χ2n) is 10.0. The van der Waals surface area contributed by atoms with Crippen LogP contribution in [0.2, 0.25) is 0 Å². The van der Waals surface area contributed by atoms with Crippen LogP contribution in [-0.4, -0.2) is 83.4 Å². The topological polar surface area (TPSA) is 99.0 Å². The predicted molar refractivity (Wildman–Crippen MR) is 148 cm³/mol. The van der Waals surface area contributed by atoms with Crippen LogP contribution < -0.4 is 15.4 Å². The molecule has 220 valence electrons. The minimum Gasteiger partial charge on any atom is -0.495 e. The van der Waals surface area contributed by atoms with Gasteiger partial charge in [-0.1, -0.05) is 12.0 Å². The molecule has 4 rings (SSSR count). The lowest BCUT2D eigenvalue weighted by molar-refractivity contribution is -0.140. The van der Waals surface area contributed by atoms with Gasteiger partial charge in [0.25, 0.3) is 0 Å². The van der Waals surface area contributed by atoms with E-state index in [-0.39, 0.29) is 30.1 Å². The number of aliphatic hydroxyl groups excluding tert-OH is 1. The van der Waals surface area contributed by atoms with Gasteiger partial charge in [-0.15, -0.1) is 0 Å². The molecule has 3 atom stereocenters. The third kappa shape index (κ3) is 7.62. The molecule has 3 aromatic rings. The van der Waals surface area contributed by atoms with Crippen LogP contribution in [-0.2, 0) is 6.54 Å². The van der Waals surface area contributed by atoms with E-state index in [1.807, 2.05) is 4.90 Å². The summed E-state index contributed by atoms with van der Waals surface area (Å²) in [5.74, 6) is 4.82. The van der Waals surface area contributed by atoms with E-state index in [4.69, 9.17) is 9.84 Å². The fraction of sp³-hybridized carbons (Fsp3) is 0.414. The van der Waals surface area contributed by atoms with Gasteiger partial charge >= 0.3 is 12.1 Å². The summed E-state index contributed by atoms with van der Waals surface area (Å²) in [4.78, 5) is 13.0. The summed E-state index contributed by atoms with van der Waals surface area (Å²) in [5, 5.41) is 25.4. The van der Waals surface area contributed by atoms with E-state index < -0.39 is 37.0 Å². The molecular formula is C29H32F4N4O4. The maximum Gasteiger partial charge on any atom is 0.406 e. The summed E-state index contributed by atoms with van der Waals surface area (Å²) >= 11 is 0. The first-order valence-electron chi connectivity index (χ1n) is 13.1. The molecule has 0 saturated carbocycles. The van der Waals surface area contributed by atoms with E-state index in [1.165, 1.54) is 25.3 Å². The number of benzene rings is 2. The molecule has 0 aliphatic carbocycles. The van der Waals surface area contributed by atoms with E-state index in [0.29, 0.717) is 41.8 Å². The van der Waals surface area contributed by atoms with Crippen LogP contribution in [0.15, 0.2) is 42.5 Å². The lowest BCUT2D eigenvalue weighted by Crippen LogP contribution is -2.49. The number of hydrogen-bond acceptors (Lipinski definition) is 6. The number of β-amino-alcohol motifs (C(OH)–C–C–N with tert-alkyl or cyclic N) is 1. The Labute approximate surface area is 234 Å². The zero-order chi connectivity index (χ0) is 29.7. The van der Waals surface area contributed by atoms with E-state index >= 15 is 0 Å². The number of nitrogens with zero attached hydrogens (tertiary/aromatic N) is 2. The molecule has 1 fully saturated rings. The highest BCUT2D eigenvalue weighted by atomic mass is 19.4. The Morgan fingerprint density at radius 1 is 1.22 bits per heavy atom. The number of nitrogens with one attached hydrogen (secondary N) is 2. The van der Waals surface area contributed by atoms with Gasteiger partial charge in [0.15, 0.2) is 0 Å². The quantitative estimate of drug-likeness (QED) is 0.219. The number of halogens is 4. The number of methoxy groups -OCH3 is 1. The normalized spacial score (nSPS) is 18.4. The highest BCUT2D eigenvalue weighted by Gasteiger charge is 2.32. The fourth-order valence-electron chi connectivity index (χ4n) is 4.98. The standard InChI is InChI=1S/C29H32F4N4O4/c1-18(38)15-36-12-10-24(22(30)16-36)35-23-6-3-7-26-21(23)14-20(37(26)17-29(31,32)33)5-4-11-34-25-9-8-19(28(39)40)13-27(25)41-2/h3,6-9,13-14,18,22,24,34-35,38H,10-12,15-17H2,1-2H3,(H,39,40)/t18-,22-,24+/m1/s1. The molecule has 1 aliphatic heterocycles. The van der Waals surface area contributed by atoms with Crippen LogP contribution in [0.5, 0.6) is 5.75 Å². The van der Waals surface area contributed by atoms with Crippen LogP contribution in [0.4, 0.5) is 28.9 Å². The van der Waals surface area contributed by atoms with Crippen molar-refractivity contribution in [3.8, 4) is 17.6 Å². The average molecular weight is 577 g/mol. The van der Waals surface area contributed by atoms with Crippen molar-refractivity contribution in [1.29, 1.82) is 0 Å². The number of carboxylic acid groups (broad SMARTS) is 1. The first kappa shape index (κ1) is 30.0. The Bertz CT molecular complexity index is 1440. The summed E-state index contributed by atoms with van der Waals surface area (Å²) in [6.07, 6.45) is -5.81. The van der Waals surface area contributed by atoms with Crippen molar-refractivity contribution in [3.05, 3.63) is 53.7 Å². The zero-order valence-corrected chi connectivity index (χ0v) is 22.6. The Morgan fingerprint density at radius 2 is 2.00 bits per heavy atom. The number of anilines is 2. The third-order valence-corrected chi connectivity index (χ3v) is 6.80. The second kappa shape index (κ2) is 12.7. The van der Waals surface area contributed by atoms with Crippen molar-refractivity contribution in [3.63, 3.8) is 0 Å². The number of fused-ring (bicyclic) bond motifs is 1. The van der Waals surface area contributed by atoms with Crippen molar-refractivity contribution in [2.75, 3.05) is 43.9 Å². The zero-order valence-electron chi connectivity index (χ0n) is 22.6. The van der Waals surface area contributed by atoms with Crippen molar-refractivity contribution in [1.82, 2.24) is 9.47 Å². The van der Waals surface area contributed by atoms with Crippen molar-refractivity contribution in [2.45, 2.75) is 44.4 Å². The lowest BCUT2D eigenvalue weighted by Gasteiger charge is -2.36. The monoisotopic (exact) mass is 576 g/mol. The molecule has 0 bridgehead atoms. The molecule has 2 heterocycles. The van der Waals surface area contributed by atoms with Crippen LogP contribution in [0, 0.1) is 11.8 Å². The van der Waals surface area contributed by atoms with Crippen LogP contribution >= 0.6 is 0 Å². The van der Waals surface area contributed by atoms with Crippen molar-refractivity contribution < 1.29 is 37.3 Å². The third-order valence-electron chi connectivity index (χ3n) is 6.80. The van der Waals surface area contributed by atoms with Gasteiger partial charge in [0, 0.05) is 30.7 Å². The number of aromatic nitrogens is 1. The molecule has 0 radical (unpaired) electrons. The lowest BCUT2D eigenvalue weighted by atomic mass is 10.0. The van der Waals surface area contributed by atoms with E-state index in [0.717, 1.165) is 4.57 Å². The number of alkyl halides is 4. The van der Waals surface area contributed by atoms with E-state index in [9.17, 15) is 27.5 Å². The predicted octanol–water partition coefficient (Wildman–Crippen LogP) is 4.58. The Kier molecular flexibility index (Phi) is 9.30. The smallest absolute Gasteiger partial charge is 0.406 e. The molecule has 4 N–H and O–H groups in total. The van der Waals surface area contributed by atoms with Crippen LogP contribution in [0.3, 0.4) is 0 Å². The number of carboxylic acids is 1. The SMILES string of the molecule is COc1cc(C(=O)O)ccc1NCC#Cc1cc2c(N[C@H]3CCN(C[C@@H](C)O)C[C@H]3F)cccc2n1CC(F)(F)F. The van der Waals surface area contributed by atoms with Gasteiger partial charge in [0.1, 0.15) is 18.5 Å². The highest BCUT2D eigenvalue weighted by Crippen LogP contribution is 2.32. The molecule has 1 saturated heterocycles. The number of carbonyl (C=O) groups is 1. The van der Waals surface area contributed by atoms with Crippen LogP contribution in [0.1, 0.15) is 29.4 Å². The van der Waals surface area contributed by atoms with Crippen molar-refractivity contribution in [2.24, 2.45) is 0 Å². The van der Waals surface area contributed by atoms with Gasteiger partial charge in [0.2, 0.25) is 0 Å².